The van der Waals surface area contributed by atoms with E-state index in [0.717, 1.165) is 0 Å². The fourth-order valence-electron chi connectivity index (χ4n) is 2.32. The fraction of sp³-hybridized carbons (Fsp3) is 0.524. The molecule has 0 unspecified atom stereocenters. The maximum Gasteiger partial charge on any atom is 0.508 e. The largest absolute Gasteiger partial charge is 0.508 e. The molecule has 3 atom stereocenters. The molecule has 2 N–H and O–H groups in total. The second-order valence-corrected chi connectivity index (χ2v) is 6.84. The molecule has 0 saturated heterocycles. The van der Waals surface area contributed by atoms with Crippen LogP contribution in [0.5, 0.6) is 11.5 Å². The Hall–Kier alpha value is -3.14. The zero-order chi connectivity index (χ0) is 23.6. The van der Waals surface area contributed by atoms with E-state index < -0.39 is 42.3 Å². The van der Waals surface area contributed by atoms with E-state index in [4.69, 9.17) is 29.4 Å². The summed E-state index contributed by atoms with van der Waals surface area (Å²) in [7, 11) is 0. The minimum atomic E-state index is -1.04. The molecule has 0 aromatic heterocycles. The van der Waals surface area contributed by atoms with Gasteiger partial charge in [-0.25, -0.2) is 4.79 Å². The van der Waals surface area contributed by atoms with Gasteiger partial charge in [0.15, 0.2) is 11.5 Å². The second-order valence-electron chi connectivity index (χ2n) is 6.84. The number of ether oxygens (including phenoxy) is 5. The van der Waals surface area contributed by atoms with Crippen molar-refractivity contribution in [2.75, 3.05) is 6.61 Å². The van der Waals surface area contributed by atoms with Crippen molar-refractivity contribution in [3.05, 3.63) is 23.8 Å². The lowest BCUT2D eigenvalue weighted by Gasteiger charge is -2.22. The zero-order valence-corrected chi connectivity index (χ0v) is 18.3. The monoisotopic (exact) mass is 439 g/mol. The minimum Gasteiger partial charge on any atom is -0.458 e. The van der Waals surface area contributed by atoms with Crippen LogP contribution >= 0.6 is 0 Å². The van der Waals surface area contributed by atoms with E-state index >= 15 is 0 Å². The Kier molecular flexibility index (Phi) is 10.5. The number of carbonyl (C=O) groups is 4. The quantitative estimate of drug-likeness (QED) is 0.426. The van der Waals surface area contributed by atoms with Crippen LogP contribution in [0.1, 0.15) is 46.6 Å². The van der Waals surface area contributed by atoms with Gasteiger partial charge in [-0.2, -0.15) is 0 Å². The van der Waals surface area contributed by atoms with Gasteiger partial charge in [-0.15, -0.1) is 0 Å². The van der Waals surface area contributed by atoms with E-state index in [2.05, 4.69) is 0 Å². The highest BCUT2D eigenvalue weighted by atomic mass is 16.7. The lowest BCUT2D eigenvalue weighted by atomic mass is 10.1. The van der Waals surface area contributed by atoms with Crippen molar-refractivity contribution in [1.29, 1.82) is 0 Å². The summed E-state index contributed by atoms with van der Waals surface area (Å²) < 4.78 is 25.2. The molecule has 172 valence electrons. The minimum absolute atomic E-state index is 0.0294. The molecule has 1 aromatic rings. The molecule has 1 rings (SSSR count). The predicted octanol–water partition coefficient (Wildman–Crippen LogP) is 2.29. The van der Waals surface area contributed by atoms with E-state index in [9.17, 15) is 19.2 Å². The van der Waals surface area contributed by atoms with Crippen LogP contribution in [0, 0.1) is 0 Å². The normalized spacial score (nSPS) is 13.4. The highest BCUT2D eigenvalue weighted by molar-refractivity contribution is 5.76. The summed E-state index contributed by atoms with van der Waals surface area (Å²) in [6.45, 7) is 7.63. The van der Waals surface area contributed by atoms with Gasteiger partial charge in [-0.1, -0.05) is 13.0 Å². The van der Waals surface area contributed by atoms with E-state index in [-0.39, 0.29) is 24.5 Å². The molecule has 31 heavy (non-hydrogen) atoms. The van der Waals surface area contributed by atoms with Gasteiger partial charge in [0.2, 0.25) is 0 Å². The SMILES string of the molecule is CCCOC(=O)O[C@@H](C)[C@H](C)OC(=O)[C@@H](N)Cc1ccc(OC(C)=O)c(OC(C)=O)c1. The molecule has 0 aliphatic heterocycles. The number of benzene rings is 1. The summed E-state index contributed by atoms with van der Waals surface area (Å²) in [5, 5.41) is 0. The number of esters is 3. The first-order chi connectivity index (χ1) is 14.5. The number of nitrogens with two attached hydrogens (primary N) is 1. The third-order valence-corrected chi connectivity index (χ3v) is 3.94. The predicted molar refractivity (Wildman–Crippen MR) is 108 cm³/mol. The molecule has 0 heterocycles. The highest BCUT2D eigenvalue weighted by Gasteiger charge is 2.25. The third-order valence-electron chi connectivity index (χ3n) is 3.94. The molecule has 0 fully saturated rings. The van der Waals surface area contributed by atoms with Crippen molar-refractivity contribution in [3.8, 4) is 11.5 Å². The standard InChI is InChI=1S/C21H29NO9/c1-6-9-27-21(26)29-13(3)12(2)28-20(25)17(22)10-16-7-8-18(30-14(4)23)19(11-16)31-15(5)24/h7-8,11-13,17H,6,9-10,22H2,1-5H3/t12-,13-,17-/m0/s1. The molecule has 0 saturated carbocycles. The molecule has 10 nitrogen and oxygen atoms in total. The molecular formula is C21H29NO9. The first-order valence-corrected chi connectivity index (χ1v) is 9.82. The Bertz CT molecular complexity index is 793. The van der Waals surface area contributed by atoms with Crippen molar-refractivity contribution in [2.45, 2.75) is 65.7 Å². The number of hydrogen-bond donors (Lipinski definition) is 1. The van der Waals surface area contributed by atoms with E-state index in [1.54, 1.807) is 19.9 Å². The molecule has 0 spiro atoms. The van der Waals surface area contributed by atoms with Gasteiger partial charge in [-0.3, -0.25) is 14.4 Å². The van der Waals surface area contributed by atoms with Crippen molar-refractivity contribution in [3.63, 3.8) is 0 Å². The molecule has 1 aromatic carbocycles. The van der Waals surface area contributed by atoms with Crippen LogP contribution in [0.2, 0.25) is 0 Å². The smallest absolute Gasteiger partial charge is 0.458 e. The molecule has 0 amide bonds. The lowest BCUT2D eigenvalue weighted by molar-refractivity contribution is -0.155. The topological polar surface area (TPSA) is 140 Å². The molecule has 0 aliphatic rings. The third kappa shape index (κ3) is 9.47. The average molecular weight is 439 g/mol. The van der Waals surface area contributed by atoms with Gasteiger partial charge in [-0.05, 0) is 44.4 Å². The number of rotatable bonds is 10. The fourth-order valence-corrected chi connectivity index (χ4v) is 2.32. The van der Waals surface area contributed by atoms with Crippen LogP contribution in [0.4, 0.5) is 4.79 Å². The summed E-state index contributed by atoms with van der Waals surface area (Å²) >= 11 is 0. The van der Waals surface area contributed by atoms with Gasteiger partial charge in [0.05, 0.1) is 6.61 Å². The van der Waals surface area contributed by atoms with Crippen molar-refractivity contribution in [2.24, 2.45) is 5.73 Å². The Labute approximate surface area is 180 Å². The van der Waals surface area contributed by atoms with Crippen LogP contribution in [0.15, 0.2) is 18.2 Å². The summed E-state index contributed by atoms with van der Waals surface area (Å²) in [5.74, 6) is -1.79. The zero-order valence-electron chi connectivity index (χ0n) is 18.3. The second kappa shape index (κ2) is 12.5. The molecule has 0 radical (unpaired) electrons. The Morgan fingerprint density at radius 3 is 2.10 bits per heavy atom. The van der Waals surface area contributed by atoms with Crippen LogP contribution in [0.3, 0.4) is 0 Å². The number of hydrogen-bond acceptors (Lipinski definition) is 10. The van der Waals surface area contributed by atoms with Crippen molar-refractivity contribution >= 4 is 24.1 Å². The van der Waals surface area contributed by atoms with Crippen molar-refractivity contribution < 1.29 is 42.9 Å². The Morgan fingerprint density at radius 1 is 0.935 bits per heavy atom. The van der Waals surface area contributed by atoms with Gasteiger partial charge in [0.1, 0.15) is 18.2 Å². The molecule has 10 heteroatoms. The molecular weight excluding hydrogens is 410 g/mol. The maximum atomic E-state index is 12.3. The average Bonchev–Trinajstić information content (AvgIpc) is 2.67. The Morgan fingerprint density at radius 2 is 1.52 bits per heavy atom. The van der Waals surface area contributed by atoms with Gasteiger partial charge >= 0.3 is 24.1 Å². The lowest BCUT2D eigenvalue weighted by Crippen LogP contribution is -2.39. The first kappa shape index (κ1) is 25.9. The summed E-state index contributed by atoms with van der Waals surface area (Å²) in [6, 6.07) is 3.43. The van der Waals surface area contributed by atoms with E-state index in [1.165, 1.54) is 26.0 Å². The van der Waals surface area contributed by atoms with Gasteiger partial charge < -0.3 is 29.4 Å². The van der Waals surface area contributed by atoms with Gasteiger partial charge in [0.25, 0.3) is 0 Å². The van der Waals surface area contributed by atoms with E-state index in [0.29, 0.717) is 12.0 Å². The molecule has 0 bridgehead atoms. The summed E-state index contributed by atoms with van der Waals surface area (Å²) in [5.41, 5.74) is 6.49. The highest BCUT2D eigenvalue weighted by Crippen LogP contribution is 2.29. The van der Waals surface area contributed by atoms with Crippen molar-refractivity contribution in [1.82, 2.24) is 0 Å². The van der Waals surface area contributed by atoms with Crippen LogP contribution in [-0.4, -0.2) is 48.9 Å². The van der Waals surface area contributed by atoms with Crippen LogP contribution < -0.4 is 15.2 Å². The summed E-state index contributed by atoms with van der Waals surface area (Å²) in [4.78, 5) is 46.3. The number of carbonyl (C=O) groups excluding carboxylic acids is 4. The Balaban J connectivity index is 2.73. The van der Waals surface area contributed by atoms with Crippen LogP contribution in [0.25, 0.3) is 0 Å². The summed E-state index contributed by atoms with van der Waals surface area (Å²) in [6.07, 6.45) is -1.61. The van der Waals surface area contributed by atoms with E-state index in [1.807, 2.05) is 6.92 Å². The first-order valence-electron chi connectivity index (χ1n) is 9.82. The molecule has 0 aliphatic carbocycles. The van der Waals surface area contributed by atoms with Crippen LogP contribution in [-0.2, 0) is 35.0 Å². The maximum absolute atomic E-state index is 12.3. The van der Waals surface area contributed by atoms with Gasteiger partial charge in [0, 0.05) is 13.8 Å².